The summed E-state index contributed by atoms with van der Waals surface area (Å²) in [5.41, 5.74) is 1.40. The van der Waals surface area contributed by atoms with Crippen LogP contribution in [0.15, 0.2) is 24.3 Å². The van der Waals surface area contributed by atoms with Gasteiger partial charge in [-0.05, 0) is 38.1 Å². The second-order valence-corrected chi connectivity index (χ2v) is 5.32. The second-order valence-electron chi connectivity index (χ2n) is 5.32. The zero-order valence-electron chi connectivity index (χ0n) is 13.5. The van der Waals surface area contributed by atoms with Gasteiger partial charge < -0.3 is 9.88 Å². The monoisotopic (exact) mass is 329 g/mol. The van der Waals surface area contributed by atoms with Crippen LogP contribution in [0, 0.1) is 19.7 Å². The number of benzene rings is 1. The van der Waals surface area contributed by atoms with Crippen molar-refractivity contribution < 1.29 is 9.18 Å². The van der Waals surface area contributed by atoms with Crippen LogP contribution < -0.4 is 5.32 Å². The Morgan fingerprint density at radius 2 is 1.88 bits per heavy atom. The van der Waals surface area contributed by atoms with Crippen LogP contribution in [0.4, 0.5) is 4.39 Å². The molecule has 124 valence electrons. The van der Waals surface area contributed by atoms with E-state index in [0.29, 0.717) is 17.2 Å². The van der Waals surface area contributed by atoms with Gasteiger partial charge in [-0.1, -0.05) is 5.21 Å². The minimum Gasteiger partial charge on any atom is -0.343 e. The number of rotatable bonds is 4. The number of nitrogens with one attached hydrogen (secondary N) is 1. The third kappa shape index (κ3) is 2.87. The van der Waals surface area contributed by atoms with Crippen molar-refractivity contribution in [3.05, 3.63) is 53.1 Å². The molecular formula is C15H16FN7O. The number of amides is 1. The van der Waals surface area contributed by atoms with Gasteiger partial charge in [-0.3, -0.25) is 4.79 Å². The molecule has 24 heavy (non-hydrogen) atoms. The van der Waals surface area contributed by atoms with E-state index in [1.165, 1.54) is 16.8 Å². The van der Waals surface area contributed by atoms with Gasteiger partial charge in [0.15, 0.2) is 11.5 Å². The van der Waals surface area contributed by atoms with E-state index >= 15 is 0 Å². The molecule has 1 amide bonds. The number of hydrogen-bond acceptors (Lipinski definition) is 5. The highest BCUT2D eigenvalue weighted by molar-refractivity contribution is 5.93. The molecule has 0 fully saturated rings. The standard InChI is InChI=1S/C15H16FN7O/c1-9-14(15(24)17-8-13-19-18-10(2)22(13)3)20-21-23(9)12-6-4-11(16)5-7-12/h4-7H,8H2,1-3H3,(H,17,24). The summed E-state index contributed by atoms with van der Waals surface area (Å²) in [6, 6.07) is 5.79. The molecule has 3 rings (SSSR count). The number of halogens is 1. The summed E-state index contributed by atoms with van der Waals surface area (Å²) in [4.78, 5) is 12.3. The lowest BCUT2D eigenvalue weighted by Gasteiger charge is -2.05. The molecule has 1 N–H and O–H groups in total. The number of carbonyl (C=O) groups excluding carboxylic acids is 1. The first-order chi connectivity index (χ1) is 11.5. The molecule has 0 saturated heterocycles. The van der Waals surface area contributed by atoms with Crippen LogP contribution in [0.25, 0.3) is 5.69 Å². The minimum absolute atomic E-state index is 0.207. The Kier molecular flexibility index (Phi) is 4.07. The maximum Gasteiger partial charge on any atom is 0.274 e. The lowest BCUT2D eigenvalue weighted by atomic mass is 10.3. The topological polar surface area (TPSA) is 90.5 Å². The average Bonchev–Trinajstić information content (AvgIpc) is 3.10. The van der Waals surface area contributed by atoms with Crippen molar-refractivity contribution in [3.8, 4) is 5.69 Å². The maximum absolute atomic E-state index is 13.0. The zero-order valence-corrected chi connectivity index (χ0v) is 13.5. The van der Waals surface area contributed by atoms with Crippen molar-refractivity contribution >= 4 is 5.91 Å². The highest BCUT2D eigenvalue weighted by Gasteiger charge is 2.18. The lowest BCUT2D eigenvalue weighted by Crippen LogP contribution is -2.25. The van der Waals surface area contributed by atoms with E-state index in [0.717, 1.165) is 5.82 Å². The molecule has 0 aliphatic heterocycles. The van der Waals surface area contributed by atoms with Crippen molar-refractivity contribution in [2.45, 2.75) is 20.4 Å². The Balaban J connectivity index is 1.76. The smallest absolute Gasteiger partial charge is 0.274 e. The first-order valence-electron chi connectivity index (χ1n) is 7.28. The SMILES string of the molecule is Cc1c(C(=O)NCc2nnc(C)n2C)nnn1-c1ccc(F)cc1. The summed E-state index contributed by atoms with van der Waals surface area (Å²) in [6.07, 6.45) is 0. The molecule has 0 unspecified atom stereocenters. The predicted octanol–water partition coefficient (Wildman–Crippen LogP) is 1.08. The summed E-state index contributed by atoms with van der Waals surface area (Å²) in [5.74, 6) is 0.706. The average molecular weight is 329 g/mol. The zero-order chi connectivity index (χ0) is 17.3. The van der Waals surface area contributed by atoms with Crippen molar-refractivity contribution in [1.82, 2.24) is 35.1 Å². The van der Waals surface area contributed by atoms with Gasteiger partial charge in [0.2, 0.25) is 0 Å². The first-order valence-corrected chi connectivity index (χ1v) is 7.28. The molecule has 9 heteroatoms. The van der Waals surface area contributed by atoms with Crippen molar-refractivity contribution in [2.75, 3.05) is 0 Å². The molecule has 8 nitrogen and oxygen atoms in total. The van der Waals surface area contributed by atoms with Crippen molar-refractivity contribution in [2.24, 2.45) is 7.05 Å². The van der Waals surface area contributed by atoms with Crippen LogP contribution in [-0.2, 0) is 13.6 Å². The van der Waals surface area contributed by atoms with E-state index in [9.17, 15) is 9.18 Å². The number of aromatic nitrogens is 6. The molecule has 2 heterocycles. The predicted molar refractivity (Wildman–Crippen MR) is 83.0 cm³/mol. The van der Waals surface area contributed by atoms with E-state index in [1.807, 2.05) is 14.0 Å². The van der Waals surface area contributed by atoms with E-state index in [-0.39, 0.29) is 24.0 Å². The van der Waals surface area contributed by atoms with E-state index in [1.54, 1.807) is 23.6 Å². The maximum atomic E-state index is 13.0. The fourth-order valence-electron chi connectivity index (χ4n) is 2.21. The molecule has 2 aromatic heterocycles. The molecule has 1 aromatic carbocycles. The number of hydrogen-bond donors (Lipinski definition) is 1. The number of nitrogens with zero attached hydrogens (tertiary/aromatic N) is 6. The van der Waals surface area contributed by atoms with Gasteiger partial charge in [0.1, 0.15) is 11.6 Å². The van der Waals surface area contributed by atoms with Crippen LogP contribution >= 0.6 is 0 Å². The second kappa shape index (κ2) is 6.19. The molecule has 0 atom stereocenters. The van der Waals surface area contributed by atoms with Crippen LogP contribution in [0.2, 0.25) is 0 Å². The Bertz CT molecular complexity index is 882. The van der Waals surface area contributed by atoms with Gasteiger partial charge in [-0.2, -0.15) is 0 Å². The van der Waals surface area contributed by atoms with Crippen molar-refractivity contribution in [1.29, 1.82) is 0 Å². The summed E-state index contributed by atoms with van der Waals surface area (Å²) >= 11 is 0. The third-order valence-electron chi connectivity index (χ3n) is 3.77. The van der Waals surface area contributed by atoms with Crippen LogP contribution in [0.5, 0.6) is 0 Å². The summed E-state index contributed by atoms with van der Waals surface area (Å²) in [7, 11) is 1.83. The lowest BCUT2D eigenvalue weighted by molar-refractivity contribution is 0.0944. The highest BCUT2D eigenvalue weighted by atomic mass is 19.1. The van der Waals surface area contributed by atoms with Crippen LogP contribution in [-0.4, -0.2) is 35.7 Å². The Morgan fingerprint density at radius 1 is 1.17 bits per heavy atom. The highest BCUT2D eigenvalue weighted by Crippen LogP contribution is 2.13. The Hall–Kier alpha value is -3.10. The molecular weight excluding hydrogens is 313 g/mol. The molecule has 0 saturated carbocycles. The third-order valence-corrected chi connectivity index (χ3v) is 3.77. The van der Waals surface area contributed by atoms with Gasteiger partial charge in [-0.25, -0.2) is 9.07 Å². The number of aryl methyl sites for hydroxylation is 1. The fourth-order valence-corrected chi connectivity index (χ4v) is 2.21. The normalized spacial score (nSPS) is 10.8. The summed E-state index contributed by atoms with van der Waals surface area (Å²) in [6.45, 7) is 3.79. The molecule has 0 bridgehead atoms. The van der Waals surface area contributed by atoms with Gasteiger partial charge in [0.25, 0.3) is 5.91 Å². The summed E-state index contributed by atoms with van der Waals surface area (Å²) in [5, 5.41) is 18.5. The Morgan fingerprint density at radius 3 is 2.50 bits per heavy atom. The largest absolute Gasteiger partial charge is 0.343 e. The molecule has 0 aliphatic rings. The number of carbonyl (C=O) groups is 1. The van der Waals surface area contributed by atoms with Crippen molar-refractivity contribution in [3.63, 3.8) is 0 Å². The van der Waals surface area contributed by atoms with Gasteiger partial charge in [0, 0.05) is 7.05 Å². The van der Waals surface area contributed by atoms with Gasteiger partial charge in [0.05, 0.1) is 17.9 Å². The van der Waals surface area contributed by atoms with Crippen LogP contribution in [0.1, 0.15) is 27.8 Å². The van der Waals surface area contributed by atoms with Crippen LogP contribution in [0.3, 0.4) is 0 Å². The quantitative estimate of drug-likeness (QED) is 0.773. The fraction of sp³-hybridized carbons (Fsp3) is 0.267. The Labute approximate surface area is 137 Å². The van der Waals surface area contributed by atoms with E-state index in [4.69, 9.17) is 0 Å². The van der Waals surface area contributed by atoms with E-state index in [2.05, 4.69) is 25.8 Å². The van der Waals surface area contributed by atoms with Gasteiger partial charge >= 0.3 is 0 Å². The molecule has 0 radical (unpaired) electrons. The molecule has 0 spiro atoms. The molecule has 0 aliphatic carbocycles. The minimum atomic E-state index is -0.360. The summed E-state index contributed by atoms with van der Waals surface area (Å²) < 4.78 is 16.3. The molecule has 3 aromatic rings. The van der Waals surface area contributed by atoms with E-state index < -0.39 is 0 Å². The first kappa shape index (κ1) is 15.8. The van der Waals surface area contributed by atoms with Gasteiger partial charge in [-0.15, -0.1) is 15.3 Å².